The fraction of sp³-hybridized carbons (Fsp3) is 0.231. The zero-order chi connectivity index (χ0) is 12.4. The van der Waals surface area contributed by atoms with Crippen molar-refractivity contribution in [3.8, 4) is 0 Å². The monoisotopic (exact) mass is 265 g/mol. The van der Waals surface area contributed by atoms with Crippen LogP contribution in [0.2, 0.25) is 5.02 Å². The van der Waals surface area contributed by atoms with E-state index in [0.29, 0.717) is 17.0 Å². The molecule has 88 valence electrons. The van der Waals surface area contributed by atoms with E-state index in [1.54, 1.807) is 6.07 Å². The van der Waals surface area contributed by atoms with Crippen LogP contribution in [0.15, 0.2) is 23.6 Å². The summed E-state index contributed by atoms with van der Waals surface area (Å²) in [7, 11) is 0. The van der Waals surface area contributed by atoms with Gasteiger partial charge in [0.05, 0.1) is 6.42 Å². The Morgan fingerprint density at radius 2 is 2.18 bits per heavy atom. The van der Waals surface area contributed by atoms with E-state index in [-0.39, 0.29) is 5.78 Å². The topological polar surface area (TPSA) is 30.0 Å². The van der Waals surface area contributed by atoms with Crippen molar-refractivity contribution in [1.82, 2.24) is 4.98 Å². The van der Waals surface area contributed by atoms with Gasteiger partial charge in [-0.2, -0.15) is 0 Å². The van der Waals surface area contributed by atoms with Gasteiger partial charge in [-0.05, 0) is 25.5 Å². The summed E-state index contributed by atoms with van der Waals surface area (Å²) in [6.07, 6.45) is 0.345. The van der Waals surface area contributed by atoms with Crippen LogP contribution in [-0.2, 0) is 6.42 Å². The first-order valence-electron chi connectivity index (χ1n) is 5.26. The number of halogens is 1. The number of aryl methyl sites for hydroxylation is 2. The van der Waals surface area contributed by atoms with Crippen LogP contribution in [0.4, 0.5) is 0 Å². The third-order valence-corrected chi connectivity index (χ3v) is 3.85. The normalized spacial score (nSPS) is 10.5. The van der Waals surface area contributed by atoms with E-state index in [9.17, 15) is 4.79 Å². The Labute approximate surface area is 109 Å². The second-order valence-corrected chi connectivity index (χ2v) is 5.30. The molecule has 0 unspecified atom stereocenters. The number of thiazole rings is 1. The quantitative estimate of drug-likeness (QED) is 0.790. The van der Waals surface area contributed by atoms with E-state index < -0.39 is 0 Å². The summed E-state index contributed by atoms with van der Waals surface area (Å²) >= 11 is 7.51. The molecule has 0 saturated heterocycles. The molecule has 0 spiro atoms. The maximum Gasteiger partial charge on any atom is 0.169 e. The molecule has 0 aliphatic carbocycles. The number of hydrogen-bond acceptors (Lipinski definition) is 3. The number of nitrogens with zero attached hydrogens (tertiary/aromatic N) is 1. The molecule has 2 rings (SSSR count). The molecule has 1 aromatic heterocycles. The van der Waals surface area contributed by atoms with Gasteiger partial charge in [0.25, 0.3) is 0 Å². The van der Waals surface area contributed by atoms with Crippen molar-refractivity contribution in [2.45, 2.75) is 20.3 Å². The fourth-order valence-electron chi connectivity index (χ4n) is 1.49. The van der Waals surface area contributed by atoms with Gasteiger partial charge in [-0.15, -0.1) is 11.3 Å². The Bertz CT molecular complexity index is 562. The summed E-state index contributed by atoms with van der Waals surface area (Å²) in [4.78, 5) is 16.3. The first kappa shape index (κ1) is 12.3. The molecule has 2 nitrogen and oxygen atoms in total. The first-order valence-corrected chi connectivity index (χ1v) is 6.52. The van der Waals surface area contributed by atoms with Gasteiger partial charge >= 0.3 is 0 Å². The molecule has 2 aromatic rings. The van der Waals surface area contributed by atoms with Gasteiger partial charge in [0.15, 0.2) is 5.78 Å². The number of carbonyl (C=O) groups is 1. The van der Waals surface area contributed by atoms with Crippen LogP contribution in [0, 0.1) is 13.8 Å². The van der Waals surface area contributed by atoms with Gasteiger partial charge in [-0.1, -0.05) is 23.7 Å². The van der Waals surface area contributed by atoms with Gasteiger partial charge in [-0.25, -0.2) is 4.98 Å². The highest BCUT2D eigenvalue weighted by molar-refractivity contribution is 7.09. The molecule has 0 radical (unpaired) electrons. The number of benzene rings is 1. The predicted octanol–water partition coefficient (Wildman–Crippen LogP) is 3.84. The van der Waals surface area contributed by atoms with E-state index in [4.69, 9.17) is 11.6 Å². The number of Topliss-reactive ketones (excluding diaryl/α,β-unsaturated/α-hetero) is 1. The minimum absolute atomic E-state index is 0.0567. The maximum atomic E-state index is 12.0. The highest BCUT2D eigenvalue weighted by Crippen LogP contribution is 2.19. The molecule has 0 N–H and O–H groups in total. The largest absolute Gasteiger partial charge is 0.294 e. The highest BCUT2D eigenvalue weighted by Gasteiger charge is 2.10. The van der Waals surface area contributed by atoms with Crippen molar-refractivity contribution in [3.63, 3.8) is 0 Å². The van der Waals surface area contributed by atoms with Crippen LogP contribution in [0.1, 0.15) is 26.6 Å². The number of ketones is 1. The molecule has 0 saturated carbocycles. The van der Waals surface area contributed by atoms with Gasteiger partial charge in [0, 0.05) is 21.7 Å². The lowest BCUT2D eigenvalue weighted by atomic mass is 10.1. The predicted molar refractivity (Wildman–Crippen MR) is 71.1 cm³/mol. The molecule has 4 heteroatoms. The summed E-state index contributed by atoms with van der Waals surface area (Å²) in [6.45, 7) is 3.84. The van der Waals surface area contributed by atoms with Crippen LogP contribution >= 0.6 is 22.9 Å². The van der Waals surface area contributed by atoms with E-state index >= 15 is 0 Å². The van der Waals surface area contributed by atoms with E-state index in [0.717, 1.165) is 16.3 Å². The molecule has 0 atom stereocenters. The SMILES string of the molecule is Cc1csc(CC(=O)c2ccc(C)c(Cl)c2)n1. The van der Waals surface area contributed by atoms with Crippen molar-refractivity contribution in [2.75, 3.05) is 0 Å². The number of rotatable bonds is 3. The Morgan fingerprint density at radius 1 is 1.41 bits per heavy atom. The Hall–Kier alpha value is -1.19. The van der Waals surface area contributed by atoms with Crippen LogP contribution < -0.4 is 0 Å². The maximum absolute atomic E-state index is 12.0. The highest BCUT2D eigenvalue weighted by atomic mass is 35.5. The van der Waals surface area contributed by atoms with Crippen molar-refractivity contribution < 1.29 is 4.79 Å². The van der Waals surface area contributed by atoms with Crippen molar-refractivity contribution in [2.24, 2.45) is 0 Å². The molecule has 0 aliphatic heterocycles. The van der Waals surface area contributed by atoms with Crippen LogP contribution in [-0.4, -0.2) is 10.8 Å². The Balaban J connectivity index is 2.17. The molecule has 1 heterocycles. The zero-order valence-electron chi connectivity index (χ0n) is 9.66. The van der Waals surface area contributed by atoms with Crippen molar-refractivity contribution >= 4 is 28.7 Å². The molecule has 0 bridgehead atoms. The first-order chi connectivity index (χ1) is 8.06. The Kier molecular flexibility index (Phi) is 3.60. The summed E-state index contributed by atoms with van der Waals surface area (Å²) in [5.74, 6) is 0.0567. The van der Waals surface area contributed by atoms with Crippen LogP contribution in [0.5, 0.6) is 0 Å². The average molecular weight is 266 g/mol. The number of hydrogen-bond donors (Lipinski definition) is 0. The zero-order valence-corrected chi connectivity index (χ0v) is 11.2. The lowest BCUT2D eigenvalue weighted by Crippen LogP contribution is -2.03. The molecule has 17 heavy (non-hydrogen) atoms. The van der Waals surface area contributed by atoms with Crippen LogP contribution in [0.25, 0.3) is 0 Å². The van der Waals surface area contributed by atoms with Gasteiger partial charge < -0.3 is 0 Å². The molecule has 0 aliphatic rings. The third-order valence-electron chi connectivity index (χ3n) is 2.47. The van der Waals surface area contributed by atoms with Gasteiger partial charge in [0.2, 0.25) is 0 Å². The second kappa shape index (κ2) is 4.98. The molecule has 0 fully saturated rings. The Morgan fingerprint density at radius 3 is 2.76 bits per heavy atom. The van der Waals surface area contributed by atoms with Gasteiger partial charge in [0.1, 0.15) is 5.01 Å². The number of carbonyl (C=O) groups excluding carboxylic acids is 1. The minimum Gasteiger partial charge on any atom is -0.294 e. The average Bonchev–Trinajstić information content (AvgIpc) is 2.68. The van der Waals surface area contributed by atoms with Gasteiger partial charge in [-0.3, -0.25) is 4.79 Å². The third kappa shape index (κ3) is 2.93. The van der Waals surface area contributed by atoms with Crippen LogP contribution in [0.3, 0.4) is 0 Å². The summed E-state index contributed by atoms with van der Waals surface area (Å²) < 4.78 is 0. The smallest absolute Gasteiger partial charge is 0.169 e. The van der Waals surface area contributed by atoms with Crippen molar-refractivity contribution in [1.29, 1.82) is 0 Å². The molecule has 1 aromatic carbocycles. The molecular formula is C13H12ClNOS. The summed E-state index contributed by atoms with van der Waals surface area (Å²) in [5.41, 5.74) is 2.58. The van der Waals surface area contributed by atoms with E-state index in [1.807, 2.05) is 31.4 Å². The standard InChI is InChI=1S/C13H12ClNOS/c1-8-3-4-10(5-11(8)14)12(16)6-13-15-9(2)7-17-13/h3-5,7H,6H2,1-2H3. The number of aromatic nitrogens is 1. The lowest BCUT2D eigenvalue weighted by molar-refractivity contribution is 0.0993. The van der Waals surface area contributed by atoms with E-state index in [2.05, 4.69) is 4.98 Å². The van der Waals surface area contributed by atoms with Crippen molar-refractivity contribution in [3.05, 3.63) is 50.4 Å². The molecule has 0 amide bonds. The lowest BCUT2D eigenvalue weighted by Gasteiger charge is -2.02. The molecular weight excluding hydrogens is 254 g/mol. The fourth-order valence-corrected chi connectivity index (χ4v) is 2.44. The van der Waals surface area contributed by atoms with E-state index in [1.165, 1.54) is 11.3 Å². The summed E-state index contributed by atoms with van der Waals surface area (Å²) in [6, 6.07) is 5.40. The minimum atomic E-state index is 0.0567. The second-order valence-electron chi connectivity index (χ2n) is 3.95. The summed E-state index contributed by atoms with van der Waals surface area (Å²) in [5, 5.41) is 3.43.